The van der Waals surface area contributed by atoms with Crippen molar-refractivity contribution in [3.05, 3.63) is 41.2 Å². The molecule has 1 aromatic heterocycles. The minimum absolute atomic E-state index is 0.222. The Morgan fingerprint density at radius 2 is 1.91 bits per heavy atom. The van der Waals surface area contributed by atoms with Gasteiger partial charge in [0.25, 0.3) is 0 Å². The number of aromatic nitrogens is 1. The Morgan fingerprint density at radius 1 is 1.22 bits per heavy atom. The maximum absolute atomic E-state index is 13.8. The van der Waals surface area contributed by atoms with Crippen LogP contribution in [0.15, 0.2) is 29.6 Å². The lowest BCUT2D eigenvalue weighted by Crippen LogP contribution is -2.47. The van der Waals surface area contributed by atoms with Crippen LogP contribution >= 0.6 is 11.3 Å². The van der Waals surface area contributed by atoms with E-state index in [-0.39, 0.29) is 11.9 Å². The average molecular weight is 335 g/mol. The third-order valence-corrected chi connectivity index (χ3v) is 4.95. The first-order valence-corrected chi connectivity index (χ1v) is 8.82. The molecule has 23 heavy (non-hydrogen) atoms. The first-order valence-electron chi connectivity index (χ1n) is 7.94. The van der Waals surface area contributed by atoms with E-state index in [2.05, 4.69) is 14.8 Å². The molecule has 1 aromatic carbocycles. The summed E-state index contributed by atoms with van der Waals surface area (Å²) in [5, 5.41) is 12.2. The summed E-state index contributed by atoms with van der Waals surface area (Å²) in [4.78, 5) is 9.23. The number of benzene rings is 1. The minimum atomic E-state index is -0.275. The van der Waals surface area contributed by atoms with Crippen LogP contribution in [0, 0.1) is 5.82 Å². The van der Waals surface area contributed by atoms with E-state index in [1.807, 2.05) is 18.4 Å². The molecule has 1 N–H and O–H groups in total. The Bertz CT molecular complexity index is 638. The number of aliphatic hydroxyl groups is 1. The Labute approximate surface area is 140 Å². The summed E-state index contributed by atoms with van der Waals surface area (Å²) in [6, 6.07) is 6.77. The average Bonchev–Trinajstić information content (AvgIpc) is 2.97. The molecule has 0 radical (unpaired) electrons. The Kier molecular flexibility index (Phi) is 5.38. The van der Waals surface area contributed by atoms with Crippen LogP contribution < -0.4 is 0 Å². The van der Waals surface area contributed by atoms with Crippen molar-refractivity contribution < 1.29 is 9.50 Å². The van der Waals surface area contributed by atoms with E-state index in [1.54, 1.807) is 12.1 Å². The van der Waals surface area contributed by atoms with Gasteiger partial charge in [0.1, 0.15) is 10.8 Å². The topological polar surface area (TPSA) is 39.6 Å². The number of nitrogens with zero attached hydrogens (tertiary/aromatic N) is 3. The van der Waals surface area contributed by atoms with E-state index < -0.39 is 0 Å². The number of thiazole rings is 1. The zero-order valence-electron chi connectivity index (χ0n) is 13.3. The van der Waals surface area contributed by atoms with Gasteiger partial charge in [0.15, 0.2) is 0 Å². The van der Waals surface area contributed by atoms with E-state index in [4.69, 9.17) is 0 Å². The molecule has 2 heterocycles. The predicted octanol–water partition coefficient (Wildman–Crippen LogP) is 2.45. The molecule has 0 bridgehead atoms. The second-order valence-electron chi connectivity index (χ2n) is 6.05. The van der Waals surface area contributed by atoms with Crippen LogP contribution in [0.5, 0.6) is 0 Å². The summed E-state index contributed by atoms with van der Waals surface area (Å²) >= 11 is 1.49. The van der Waals surface area contributed by atoms with Crippen molar-refractivity contribution in [2.75, 3.05) is 32.7 Å². The second kappa shape index (κ2) is 7.49. The van der Waals surface area contributed by atoms with Crippen LogP contribution in [0.2, 0.25) is 0 Å². The summed E-state index contributed by atoms with van der Waals surface area (Å²) < 4.78 is 13.8. The maximum atomic E-state index is 13.8. The largest absolute Gasteiger partial charge is 0.392 e. The van der Waals surface area contributed by atoms with E-state index in [0.29, 0.717) is 5.56 Å². The molecule has 1 aliphatic rings. The number of piperazine rings is 1. The number of β-amino-alcohol motifs (C(OH)–C–C–N with tert-alkyl or cyclic N) is 1. The fourth-order valence-electron chi connectivity index (χ4n) is 2.87. The molecule has 2 aromatic rings. The Balaban J connectivity index is 1.57. The first kappa shape index (κ1) is 16.5. The molecular formula is C17H22FN3OS. The molecule has 1 fully saturated rings. The highest BCUT2D eigenvalue weighted by Gasteiger charge is 2.19. The molecule has 0 spiro atoms. The number of halogens is 1. The van der Waals surface area contributed by atoms with E-state index in [0.717, 1.165) is 50.0 Å². The molecule has 1 atom stereocenters. The van der Waals surface area contributed by atoms with E-state index in [1.165, 1.54) is 17.4 Å². The molecule has 124 valence electrons. The van der Waals surface area contributed by atoms with Crippen LogP contribution in [-0.4, -0.2) is 58.7 Å². The zero-order chi connectivity index (χ0) is 16.2. The summed E-state index contributed by atoms with van der Waals surface area (Å²) in [6.07, 6.45) is -0.275. The zero-order valence-corrected chi connectivity index (χ0v) is 14.1. The predicted molar refractivity (Wildman–Crippen MR) is 90.9 cm³/mol. The van der Waals surface area contributed by atoms with Gasteiger partial charge in [-0.05, 0) is 19.1 Å². The highest BCUT2D eigenvalue weighted by atomic mass is 32.1. The fourth-order valence-corrected chi connectivity index (χ4v) is 3.71. The highest BCUT2D eigenvalue weighted by Crippen LogP contribution is 2.26. The number of hydrogen-bond acceptors (Lipinski definition) is 5. The maximum Gasteiger partial charge on any atom is 0.133 e. The van der Waals surface area contributed by atoms with Gasteiger partial charge < -0.3 is 5.11 Å². The van der Waals surface area contributed by atoms with Gasteiger partial charge >= 0.3 is 0 Å². The van der Waals surface area contributed by atoms with Crippen LogP contribution in [0.1, 0.15) is 12.6 Å². The Hall–Kier alpha value is -1.34. The van der Waals surface area contributed by atoms with Gasteiger partial charge in [-0.15, -0.1) is 11.3 Å². The minimum Gasteiger partial charge on any atom is -0.392 e. The quantitative estimate of drug-likeness (QED) is 0.911. The van der Waals surface area contributed by atoms with Crippen molar-refractivity contribution >= 4 is 11.3 Å². The summed E-state index contributed by atoms with van der Waals surface area (Å²) in [7, 11) is 0. The molecule has 6 heteroatoms. The summed E-state index contributed by atoms with van der Waals surface area (Å²) in [6.45, 7) is 7.24. The molecule has 0 aliphatic carbocycles. The van der Waals surface area contributed by atoms with Crippen molar-refractivity contribution in [1.29, 1.82) is 0 Å². The van der Waals surface area contributed by atoms with Gasteiger partial charge in [-0.25, -0.2) is 9.37 Å². The van der Waals surface area contributed by atoms with Crippen LogP contribution in [0.25, 0.3) is 10.6 Å². The van der Waals surface area contributed by atoms with Gasteiger partial charge in [0, 0.05) is 50.2 Å². The van der Waals surface area contributed by atoms with Gasteiger partial charge in [0.2, 0.25) is 0 Å². The van der Waals surface area contributed by atoms with E-state index >= 15 is 0 Å². The highest BCUT2D eigenvalue weighted by molar-refractivity contribution is 7.13. The van der Waals surface area contributed by atoms with Gasteiger partial charge in [-0.3, -0.25) is 9.80 Å². The van der Waals surface area contributed by atoms with Crippen molar-refractivity contribution in [3.63, 3.8) is 0 Å². The van der Waals surface area contributed by atoms with Crippen molar-refractivity contribution in [2.24, 2.45) is 0 Å². The third kappa shape index (κ3) is 4.35. The molecule has 1 saturated heterocycles. The summed E-state index contributed by atoms with van der Waals surface area (Å²) in [5.41, 5.74) is 1.57. The van der Waals surface area contributed by atoms with Crippen LogP contribution in [-0.2, 0) is 6.54 Å². The standard InChI is InChI=1S/C17H22FN3OS/c1-13(22)10-20-6-8-21(9-7-20)11-14-12-23-17(19-14)15-4-2-3-5-16(15)18/h2-5,12-13,22H,6-11H2,1H3/t13-/m1/s1. The fraction of sp³-hybridized carbons (Fsp3) is 0.471. The number of rotatable bonds is 5. The smallest absolute Gasteiger partial charge is 0.133 e. The SMILES string of the molecule is C[C@@H](O)CN1CCN(Cc2csc(-c3ccccc3F)n2)CC1. The normalized spacial score (nSPS) is 18.2. The summed E-state index contributed by atoms with van der Waals surface area (Å²) in [5.74, 6) is -0.222. The van der Waals surface area contributed by atoms with Gasteiger partial charge in [-0.2, -0.15) is 0 Å². The Morgan fingerprint density at radius 3 is 2.61 bits per heavy atom. The third-order valence-electron chi connectivity index (χ3n) is 4.03. The van der Waals surface area contributed by atoms with Crippen molar-refractivity contribution in [3.8, 4) is 10.6 Å². The second-order valence-corrected chi connectivity index (χ2v) is 6.91. The van der Waals surface area contributed by atoms with Crippen LogP contribution in [0.3, 0.4) is 0 Å². The molecule has 0 unspecified atom stereocenters. The molecule has 1 aliphatic heterocycles. The number of aliphatic hydroxyl groups excluding tert-OH is 1. The molecule has 3 rings (SSSR count). The van der Waals surface area contributed by atoms with Crippen LogP contribution in [0.4, 0.5) is 4.39 Å². The van der Waals surface area contributed by atoms with E-state index in [9.17, 15) is 9.50 Å². The number of hydrogen-bond donors (Lipinski definition) is 1. The van der Waals surface area contributed by atoms with Gasteiger partial charge in [0.05, 0.1) is 11.8 Å². The lowest BCUT2D eigenvalue weighted by Gasteiger charge is -2.34. The lowest BCUT2D eigenvalue weighted by atomic mass is 10.2. The molecular weight excluding hydrogens is 313 g/mol. The monoisotopic (exact) mass is 335 g/mol. The first-order chi connectivity index (χ1) is 11.1. The molecule has 0 saturated carbocycles. The molecule has 4 nitrogen and oxygen atoms in total. The van der Waals surface area contributed by atoms with Gasteiger partial charge in [-0.1, -0.05) is 12.1 Å². The lowest BCUT2D eigenvalue weighted by molar-refractivity contribution is 0.0777. The van der Waals surface area contributed by atoms with Crippen molar-refractivity contribution in [2.45, 2.75) is 19.6 Å². The molecule has 0 amide bonds. The van der Waals surface area contributed by atoms with Crippen molar-refractivity contribution in [1.82, 2.24) is 14.8 Å².